The summed E-state index contributed by atoms with van der Waals surface area (Å²) in [5.74, 6) is 1.33. The van der Waals surface area contributed by atoms with E-state index in [2.05, 4.69) is 48.3 Å². The molecule has 27 heavy (non-hydrogen) atoms. The summed E-state index contributed by atoms with van der Waals surface area (Å²) >= 11 is 0. The van der Waals surface area contributed by atoms with E-state index in [1.165, 1.54) is 5.56 Å². The Kier molecular flexibility index (Phi) is 8.14. The molecule has 2 aromatic rings. The van der Waals surface area contributed by atoms with Crippen molar-refractivity contribution in [2.45, 2.75) is 33.4 Å². The molecule has 0 aliphatic carbocycles. The Hall–Kier alpha value is -2.53. The van der Waals surface area contributed by atoms with Crippen molar-refractivity contribution < 1.29 is 14.3 Å². The number of ether oxygens (including phenoxy) is 2. The van der Waals surface area contributed by atoms with Crippen LogP contribution in [0.4, 0.5) is 0 Å². The van der Waals surface area contributed by atoms with Crippen LogP contribution in [0.2, 0.25) is 0 Å². The van der Waals surface area contributed by atoms with Gasteiger partial charge in [-0.3, -0.25) is 9.69 Å². The molecule has 0 saturated heterocycles. The zero-order valence-electron chi connectivity index (χ0n) is 16.7. The fourth-order valence-corrected chi connectivity index (χ4v) is 2.90. The highest BCUT2D eigenvalue weighted by atomic mass is 16.5. The van der Waals surface area contributed by atoms with E-state index in [0.29, 0.717) is 18.0 Å². The molecule has 0 radical (unpaired) electrons. The number of benzene rings is 2. The summed E-state index contributed by atoms with van der Waals surface area (Å²) in [6.45, 7) is 7.91. The van der Waals surface area contributed by atoms with Crippen LogP contribution in [-0.2, 0) is 24.3 Å². The molecule has 0 atom stereocenters. The van der Waals surface area contributed by atoms with Crippen LogP contribution in [0.15, 0.2) is 42.5 Å². The highest BCUT2D eigenvalue weighted by Crippen LogP contribution is 2.24. The van der Waals surface area contributed by atoms with Crippen molar-refractivity contribution in [1.29, 1.82) is 0 Å². The average Bonchev–Trinajstić information content (AvgIpc) is 2.71. The molecule has 146 valence electrons. The second-order valence-electron chi connectivity index (χ2n) is 6.41. The van der Waals surface area contributed by atoms with E-state index in [4.69, 9.17) is 9.47 Å². The van der Waals surface area contributed by atoms with Gasteiger partial charge in [0.1, 0.15) is 11.5 Å². The van der Waals surface area contributed by atoms with Gasteiger partial charge in [0.05, 0.1) is 20.6 Å². The lowest BCUT2D eigenvalue weighted by atomic mass is 10.1. The second kappa shape index (κ2) is 10.6. The van der Waals surface area contributed by atoms with Crippen LogP contribution in [0, 0.1) is 0 Å². The molecule has 2 aromatic carbocycles. The Labute approximate surface area is 162 Å². The van der Waals surface area contributed by atoms with Crippen molar-refractivity contribution >= 4 is 5.91 Å². The third-order valence-electron chi connectivity index (χ3n) is 4.66. The number of carbonyl (C=O) groups excluding carboxylic acids is 1. The fourth-order valence-electron chi connectivity index (χ4n) is 2.90. The first kappa shape index (κ1) is 20.8. The summed E-state index contributed by atoms with van der Waals surface area (Å²) in [5, 5.41) is 2.97. The van der Waals surface area contributed by atoms with Crippen molar-refractivity contribution in [3.63, 3.8) is 0 Å². The van der Waals surface area contributed by atoms with Gasteiger partial charge >= 0.3 is 0 Å². The highest BCUT2D eigenvalue weighted by Gasteiger charge is 2.10. The van der Waals surface area contributed by atoms with Gasteiger partial charge in [-0.1, -0.05) is 44.2 Å². The molecular formula is C22H30N2O3. The Morgan fingerprint density at radius 2 is 1.63 bits per heavy atom. The molecule has 2 rings (SSSR count). The van der Waals surface area contributed by atoms with Gasteiger partial charge in [-0.25, -0.2) is 0 Å². The van der Waals surface area contributed by atoms with Crippen molar-refractivity contribution in [1.82, 2.24) is 10.2 Å². The topological polar surface area (TPSA) is 50.8 Å². The zero-order chi connectivity index (χ0) is 19.6. The standard InChI is InChI=1S/C22H30N2O3/c1-5-24(6-2)16-18-9-7-17(8-10-18)15-23-22(25)13-19-11-12-20(26-3)14-21(19)27-4/h7-12,14H,5-6,13,15-16H2,1-4H3,(H,23,25). The molecule has 5 heteroatoms. The van der Waals surface area contributed by atoms with Gasteiger partial charge in [-0.2, -0.15) is 0 Å². The minimum atomic E-state index is -0.0364. The lowest BCUT2D eigenvalue weighted by Crippen LogP contribution is -2.25. The Morgan fingerprint density at radius 1 is 0.963 bits per heavy atom. The van der Waals surface area contributed by atoms with E-state index in [-0.39, 0.29) is 12.3 Å². The molecule has 0 bridgehead atoms. The van der Waals surface area contributed by atoms with E-state index in [9.17, 15) is 4.79 Å². The normalized spacial score (nSPS) is 10.7. The van der Waals surface area contributed by atoms with Crippen molar-refractivity contribution in [2.24, 2.45) is 0 Å². The van der Waals surface area contributed by atoms with Crippen LogP contribution in [0.5, 0.6) is 11.5 Å². The van der Waals surface area contributed by atoms with Gasteiger partial charge in [0.2, 0.25) is 5.91 Å². The number of amides is 1. The summed E-state index contributed by atoms with van der Waals surface area (Å²) in [5.41, 5.74) is 3.22. The van der Waals surface area contributed by atoms with Gasteiger partial charge < -0.3 is 14.8 Å². The van der Waals surface area contributed by atoms with Crippen LogP contribution in [0.3, 0.4) is 0 Å². The Morgan fingerprint density at radius 3 is 2.22 bits per heavy atom. The third kappa shape index (κ3) is 6.29. The smallest absolute Gasteiger partial charge is 0.224 e. The predicted octanol–water partition coefficient (Wildman–Crippen LogP) is 3.40. The monoisotopic (exact) mass is 370 g/mol. The predicted molar refractivity (Wildman–Crippen MR) is 108 cm³/mol. The maximum absolute atomic E-state index is 12.3. The molecule has 0 heterocycles. The van der Waals surface area contributed by atoms with Crippen LogP contribution in [0.1, 0.15) is 30.5 Å². The zero-order valence-corrected chi connectivity index (χ0v) is 16.7. The fraction of sp³-hybridized carbons (Fsp3) is 0.409. The molecule has 0 aliphatic rings. The molecule has 0 aromatic heterocycles. The molecule has 0 saturated carbocycles. The van der Waals surface area contributed by atoms with Gasteiger partial charge in [-0.15, -0.1) is 0 Å². The summed E-state index contributed by atoms with van der Waals surface area (Å²) in [4.78, 5) is 14.7. The number of hydrogen-bond donors (Lipinski definition) is 1. The third-order valence-corrected chi connectivity index (χ3v) is 4.66. The molecule has 1 amide bonds. The minimum absolute atomic E-state index is 0.0364. The molecule has 0 unspecified atom stereocenters. The maximum atomic E-state index is 12.3. The number of carbonyl (C=O) groups is 1. The second-order valence-corrected chi connectivity index (χ2v) is 6.41. The Bertz CT molecular complexity index is 725. The van der Waals surface area contributed by atoms with Crippen molar-refractivity contribution in [3.05, 3.63) is 59.2 Å². The van der Waals surface area contributed by atoms with Crippen molar-refractivity contribution in [3.8, 4) is 11.5 Å². The van der Waals surface area contributed by atoms with Crippen LogP contribution < -0.4 is 14.8 Å². The molecule has 0 fully saturated rings. The van der Waals surface area contributed by atoms with Gasteiger partial charge in [0, 0.05) is 24.7 Å². The highest BCUT2D eigenvalue weighted by molar-refractivity contribution is 5.79. The van der Waals surface area contributed by atoms with Crippen LogP contribution in [0.25, 0.3) is 0 Å². The number of rotatable bonds is 10. The molecular weight excluding hydrogens is 340 g/mol. The summed E-state index contributed by atoms with van der Waals surface area (Å²) in [6, 6.07) is 13.9. The molecule has 0 spiro atoms. The lowest BCUT2D eigenvalue weighted by Gasteiger charge is -2.18. The Balaban J connectivity index is 1.88. The number of hydrogen-bond acceptors (Lipinski definition) is 4. The van der Waals surface area contributed by atoms with E-state index in [0.717, 1.165) is 30.8 Å². The molecule has 1 N–H and O–H groups in total. The molecule has 0 aliphatic heterocycles. The number of methoxy groups -OCH3 is 2. The first-order valence-corrected chi connectivity index (χ1v) is 9.37. The number of nitrogens with one attached hydrogen (secondary N) is 1. The van der Waals surface area contributed by atoms with Crippen molar-refractivity contribution in [2.75, 3.05) is 27.3 Å². The van der Waals surface area contributed by atoms with E-state index in [1.807, 2.05) is 12.1 Å². The molecule has 5 nitrogen and oxygen atoms in total. The summed E-state index contributed by atoms with van der Waals surface area (Å²) in [6.07, 6.45) is 0.271. The van der Waals surface area contributed by atoms with E-state index < -0.39 is 0 Å². The average molecular weight is 370 g/mol. The minimum Gasteiger partial charge on any atom is -0.497 e. The first-order valence-electron chi connectivity index (χ1n) is 9.37. The van der Waals surface area contributed by atoms with Crippen LogP contribution in [-0.4, -0.2) is 38.1 Å². The quantitative estimate of drug-likeness (QED) is 0.696. The lowest BCUT2D eigenvalue weighted by molar-refractivity contribution is -0.120. The maximum Gasteiger partial charge on any atom is 0.224 e. The largest absolute Gasteiger partial charge is 0.497 e. The van der Waals surface area contributed by atoms with Gasteiger partial charge in [0.25, 0.3) is 0 Å². The first-order chi connectivity index (χ1) is 13.1. The van der Waals surface area contributed by atoms with E-state index >= 15 is 0 Å². The van der Waals surface area contributed by atoms with Gasteiger partial charge in [0.15, 0.2) is 0 Å². The van der Waals surface area contributed by atoms with E-state index in [1.54, 1.807) is 20.3 Å². The number of nitrogens with zero attached hydrogens (tertiary/aromatic N) is 1. The summed E-state index contributed by atoms with van der Waals surface area (Å²) in [7, 11) is 3.20. The SMILES string of the molecule is CCN(CC)Cc1ccc(CNC(=O)Cc2ccc(OC)cc2OC)cc1. The van der Waals surface area contributed by atoms with Crippen LogP contribution >= 0.6 is 0 Å². The summed E-state index contributed by atoms with van der Waals surface area (Å²) < 4.78 is 10.5. The van der Waals surface area contributed by atoms with Gasteiger partial charge in [-0.05, 0) is 30.3 Å².